The van der Waals surface area contributed by atoms with Crippen molar-refractivity contribution >= 4 is 27.5 Å². The molecule has 1 atom stereocenters. The molecule has 9 nitrogen and oxygen atoms in total. The van der Waals surface area contributed by atoms with Gasteiger partial charge in [-0.2, -0.15) is 0 Å². The van der Waals surface area contributed by atoms with Crippen LogP contribution in [0.4, 0.5) is 10.1 Å². The molecule has 1 heterocycles. The van der Waals surface area contributed by atoms with Crippen LogP contribution in [-0.2, 0) is 26.2 Å². The third-order valence-corrected chi connectivity index (χ3v) is 8.51. The largest absolute Gasteiger partial charge is 0.486 e. The van der Waals surface area contributed by atoms with Gasteiger partial charge in [0, 0.05) is 24.7 Å². The van der Waals surface area contributed by atoms with Crippen LogP contribution in [0.1, 0.15) is 32.3 Å². The maximum absolute atomic E-state index is 14.7. The first-order chi connectivity index (χ1) is 19.7. The van der Waals surface area contributed by atoms with Crippen LogP contribution in [-0.4, -0.2) is 57.5 Å². The second-order valence-corrected chi connectivity index (χ2v) is 11.4. The highest BCUT2D eigenvalue weighted by Gasteiger charge is 2.33. The molecule has 0 bridgehead atoms. The van der Waals surface area contributed by atoms with E-state index < -0.39 is 40.2 Å². The molecule has 0 radical (unpaired) electrons. The standard InChI is InChI=1S/C30H34FN3O6S/c1-3-4-16-32-30(36)22(2)33(20-23-10-8-9-13-26(23)31)29(35)21-34(41(37,38)25-11-6-5-7-12-25)24-14-15-27-28(19-24)40-18-17-39-27/h5-15,19,22H,3-4,16-18,20-21H2,1-2H3,(H,32,36)/t22-/m1/s1. The van der Waals surface area contributed by atoms with Crippen LogP contribution < -0.4 is 19.1 Å². The Balaban J connectivity index is 1.71. The predicted octanol–water partition coefficient (Wildman–Crippen LogP) is 4.13. The predicted molar refractivity (Wildman–Crippen MR) is 153 cm³/mol. The summed E-state index contributed by atoms with van der Waals surface area (Å²) in [6.07, 6.45) is 1.63. The lowest BCUT2D eigenvalue weighted by Gasteiger charge is -2.32. The number of carbonyl (C=O) groups is 2. The van der Waals surface area contributed by atoms with Crippen LogP contribution in [0.2, 0.25) is 0 Å². The van der Waals surface area contributed by atoms with Gasteiger partial charge in [0.15, 0.2) is 11.5 Å². The summed E-state index contributed by atoms with van der Waals surface area (Å²) in [5.41, 5.74) is 0.378. The maximum Gasteiger partial charge on any atom is 0.264 e. The number of nitrogens with one attached hydrogen (secondary N) is 1. The number of amides is 2. The van der Waals surface area contributed by atoms with E-state index >= 15 is 0 Å². The first kappa shape index (κ1) is 29.9. The van der Waals surface area contributed by atoms with Gasteiger partial charge in [-0.05, 0) is 43.7 Å². The van der Waals surface area contributed by atoms with Gasteiger partial charge in [-0.15, -0.1) is 0 Å². The summed E-state index contributed by atoms with van der Waals surface area (Å²) in [5.74, 6) is -0.825. The third-order valence-electron chi connectivity index (χ3n) is 6.72. The van der Waals surface area contributed by atoms with Crippen molar-refractivity contribution in [3.8, 4) is 11.5 Å². The van der Waals surface area contributed by atoms with Gasteiger partial charge in [0.1, 0.15) is 31.6 Å². The second kappa shape index (κ2) is 13.5. The molecule has 3 aromatic carbocycles. The number of hydrogen-bond donors (Lipinski definition) is 1. The van der Waals surface area contributed by atoms with Crippen molar-refractivity contribution in [2.45, 2.75) is 44.2 Å². The molecule has 0 saturated heterocycles. The average molecular weight is 584 g/mol. The molecule has 41 heavy (non-hydrogen) atoms. The molecule has 0 spiro atoms. The van der Waals surface area contributed by atoms with Crippen molar-refractivity contribution in [1.29, 1.82) is 0 Å². The number of halogens is 1. The van der Waals surface area contributed by atoms with E-state index in [1.165, 1.54) is 47.4 Å². The fourth-order valence-corrected chi connectivity index (χ4v) is 5.79. The van der Waals surface area contributed by atoms with Gasteiger partial charge in [0.2, 0.25) is 11.8 Å². The van der Waals surface area contributed by atoms with E-state index in [2.05, 4.69) is 5.32 Å². The van der Waals surface area contributed by atoms with Crippen molar-refractivity contribution in [2.24, 2.45) is 0 Å². The molecule has 4 rings (SSSR count). The van der Waals surface area contributed by atoms with Gasteiger partial charge < -0.3 is 19.7 Å². The number of benzene rings is 3. The number of fused-ring (bicyclic) bond motifs is 1. The fourth-order valence-electron chi connectivity index (χ4n) is 4.36. The van der Waals surface area contributed by atoms with E-state index in [9.17, 15) is 22.4 Å². The Labute approximate surface area is 239 Å². The summed E-state index contributed by atoms with van der Waals surface area (Å²) < 4.78 is 54.6. The number of sulfonamides is 1. The third kappa shape index (κ3) is 7.15. The maximum atomic E-state index is 14.7. The number of hydrogen-bond acceptors (Lipinski definition) is 6. The van der Waals surface area contributed by atoms with Gasteiger partial charge in [0.25, 0.3) is 10.0 Å². The van der Waals surface area contributed by atoms with Crippen LogP contribution in [0.25, 0.3) is 0 Å². The van der Waals surface area contributed by atoms with Gasteiger partial charge in [-0.1, -0.05) is 49.7 Å². The number of nitrogens with zero attached hydrogens (tertiary/aromatic N) is 2. The van der Waals surface area contributed by atoms with Gasteiger partial charge in [0.05, 0.1) is 10.6 Å². The number of ether oxygens (including phenoxy) is 2. The minimum absolute atomic E-state index is 0.0197. The lowest BCUT2D eigenvalue weighted by Crippen LogP contribution is -2.51. The van der Waals surface area contributed by atoms with Crippen molar-refractivity contribution < 1.29 is 31.9 Å². The molecule has 1 N–H and O–H groups in total. The number of rotatable bonds is 12. The Hall–Kier alpha value is -4.12. The Morgan fingerprint density at radius 3 is 2.37 bits per heavy atom. The van der Waals surface area contributed by atoms with Crippen LogP contribution >= 0.6 is 0 Å². The molecule has 0 aromatic heterocycles. The highest BCUT2D eigenvalue weighted by molar-refractivity contribution is 7.92. The van der Waals surface area contributed by atoms with Gasteiger partial charge in [-0.25, -0.2) is 12.8 Å². The zero-order valence-electron chi connectivity index (χ0n) is 23.1. The molecular weight excluding hydrogens is 549 g/mol. The molecule has 218 valence electrons. The van der Waals surface area contributed by atoms with Crippen molar-refractivity contribution in [3.05, 3.63) is 84.2 Å². The molecule has 1 aliphatic rings. The molecule has 3 aromatic rings. The summed E-state index contributed by atoms with van der Waals surface area (Å²) in [6.45, 7) is 3.74. The monoisotopic (exact) mass is 583 g/mol. The van der Waals surface area contributed by atoms with E-state index in [0.717, 1.165) is 17.1 Å². The summed E-state index contributed by atoms with van der Waals surface area (Å²) in [7, 11) is -4.24. The Morgan fingerprint density at radius 2 is 1.66 bits per heavy atom. The van der Waals surface area contributed by atoms with Crippen molar-refractivity contribution in [3.63, 3.8) is 0 Å². The van der Waals surface area contributed by atoms with Gasteiger partial charge >= 0.3 is 0 Å². The minimum atomic E-state index is -4.24. The van der Waals surface area contributed by atoms with E-state index in [1.54, 1.807) is 37.3 Å². The van der Waals surface area contributed by atoms with Gasteiger partial charge in [-0.3, -0.25) is 13.9 Å². The normalized spacial score (nSPS) is 13.2. The zero-order chi connectivity index (χ0) is 29.4. The SMILES string of the molecule is CCCCNC(=O)[C@@H](C)N(Cc1ccccc1F)C(=O)CN(c1ccc2c(c1)OCCO2)S(=O)(=O)c1ccccc1. The van der Waals surface area contributed by atoms with Crippen molar-refractivity contribution in [1.82, 2.24) is 10.2 Å². The lowest BCUT2D eigenvalue weighted by molar-refractivity contribution is -0.139. The van der Waals surface area contributed by atoms with Crippen LogP contribution in [0, 0.1) is 5.82 Å². The number of anilines is 1. The summed E-state index contributed by atoms with van der Waals surface area (Å²) in [4.78, 5) is 28.1. The Bertz CT molecular complexity index is 1470. The second-order valence-electron chi connectivity index (χ2n) is 9.59. The molecule has 0 saturated carbocycles. The van der Waals surface area contributed by atoms with Crippen LogP contribution in [0.5, 0.6) is 11.5 Å². The lowest BCUT2D eigenvalue weighted by atomic mass is 10.1. The first-order valence-corrected chi connectivity index (χ1v) is 14.9. The van der Waals surface area contributed by atoms with Crippen LogP contribution in [0.15, 0.2) is 77.7 Å². The minimum Gasteiger partial charge on any atom is -0.486 e. The molecule has 0 fully saturated rings. The molecule has 11 heteroatoms. The molecule has 2 amide bonds. The van der Waals surface area contributed by atoms with E-state index in [1.807, 2.05) is 6.92 Å². The van der Waals surface area contributed by atoms with Crippen LogP contribution in [0.3, 0.4) is 0 Å². The van der Waals surface area contributed by atoms with Crippen molar-refractivity contribution in [2.75, 3.05) is 30.6 Å². The summed E-state index contributed by atoms with van der Waals surface area (Å²) in [6, 6.07) is 17.3. The highest BCUT2D eigenvalue weighted by atomic mass is 32.2. The quantitative estimate of drug-likeness (QED) is 0.322. The van der Waals surface area contributed by atoms with E-state index in [0.29, 0.717) is 31.3 Å². The average Bonchev–Trinajstić information content (AvgIpc) is 2.99. The Kier molecular flexibility index (Phi) is 9.82. The molecule has 0 aliphatic carbocycles. The fraction of sp³-hybridized carbons (Fsp3) is 0.333. The van der Waals surface area contributed by atoms with E-state index in [4.69, 9.17) is 9.47 Å². The smallest absolute Gasteiger partial charge is 0.264 e. The molecular formula is C30H34FN3O6S. The highest BCUT2D eigenvalue weighted by Crippen LogP contribution is 2.36. The zero-order valence-corrected chi connectivity index (χ0v) is 23.9. The van der Waals surface area contributed by atoms with E-state index in [-0.39, 0.29) is 22.7 Å². The summed E-state index contributed by atoms with van der Waals surface area (Å²) in [5, 5.41) is 2.81. The molecule has 0 unspecified atom stereocenters. The Morgan fingerprint density at radius 1 is 0.976 bits per heavy atom. The number of unbranched alkanes of at least 4 members (excludes halogenated alkanes) is 1. The first-order valence-electron chi connectivity index (χ1n) is 13.5. The molecule has 1 aliphatic heterocycles. The summed E-state index contributed by atoms with van der Waals surface area (Å²) >= 11 is 0. The number of carbonyl (C=O) groups excluding carboxylic acids is 2. The topological polar surface area (TPSA) is 105 Å².